The van der Waals surface area contributed by atoms with E-state index in [0.717, 1.165) is 27.7 Å². The van der Waals surface area contributed by atoms with Crippen LogP contribution in [-0.2, 0) is 20.7 Å². The van der Waals surface area contributed by atoms with Gasteiger partial charge in [0.1, 0.15) is 6.04 Å². The minimum Gasteiger partial charge on any atom is -0.468 e. The van der Waals surface area contributed by atoms with Gasteiger partial charge in [0.25, 0.3) is 0 Å². The van der Waals surface area contributed by atoms with Crippen LogP contribution in [0.3, 0.4) is 0 Å². The number of rotatable bonds is 3. The van der Waals surface area contributed by atoms with Crippen molar-refractivity contribution >= 4 is 22.8 Å². The van der Waals surface area contributed by atoms with Gasteiger partial charge in [0, 0.05) is 23.0 Å². The minimum absolute atomic E-state index is 0.211. The molecule has 27 heavy (non-hydrogen) atoms. The van der Waals surface area contributed by atoms with Gasteiger partial charge in [-0.1, -0.05) is 30.3 Å². The van der Waals surface area contributed by atoms with E-state index in [1.807, 2.05) is 30.3 Å². The third-order valence-corrected chi connectivity index (χ3v) is 5.06. The fraction of sp³-hybridized carbons (Fsp3) is 0.238. The lowest BCUT2D eigenvalue weighted by Gasteiger charge is -2.30. The van der Waals surface area contributed by atoms with E-state index in [2.05, 4.69) is 16.4 Å². The first-order valence-corrected chi connectivity index (χ1v) is 8.74. The molecular weight excluding hydrogens is 344 g/mol. The Morgan fingerprint density at radius 1 is 1.00 bits per heavy atom. The highest BCUT2D eigenvalue weighted by Gasteiger charge is 2.34. The first-order valence-electron chi connectivity index (χ1n) is 8.74. The number of para-hydroxylation sites is 1. The van der Waals surface area contributed by atoms with Crippen molar-refractivity contribution in [2.75, 3.05) is 14.2 Å². The number of ether oxygens (including phenoxy) is 2. The summed E-state index contributed by atoms with van der Waals surface area (Å²) in [5.41, 5.74) is 4.61. The standard InChI is InChI=1S/C21H20N2O4/c1-26-20(24)13-9-7-12(8-10-13)18-19-15(11-17(23-18)21(25)27-2)14-5-3-4-6-16(14)22-19/h3-10,17-18,22-23H,11H2,1-2H3/t17-,18+/m0/s1. The van der Waals surface area contributed by atoms with E-state index in [1.54, 1.807) is 12.1 Å². The Kier molecular flexibility index (Phi) is 4.41. The molecule has 2 atom stereocenters. The predicted molar refractivity (Wildman–Crippen MR) is 101 cm³/mol. The van der Waals surface area contributed by atoms with Gasteiger partial charge in [-0.3, -0.25) is 10.1 Å². The van der Waals surface area contributed by atoms with Crippen molar-refractivity contribution in [3.05, 3.63) is 70.9 Å². The largest absolute Gasteiger partial charge is 0.468 e. The Morgan fingerprint density at radius 2 is 1.74 bits per heavy atom. The number of benzene rings is 2. The van der Waals surface area contributed by atoms with Gasteiger partial charge in [-0.05, 0) is 29.3 Å². The lowest BCUT2D eigenvalue weighted by atomic mass is 9.90. The molecule has 6 heteroatoms. The second kappa shape index (κ2) is 6.89. The Hall–Kier alpha value is -3.12. The fourth-order valence-electron chi connectivity index (χ4n) is 3.72. The maximum absolute atomic E-state index is 12.2. The maximum Gasteiger partial charge on any atom is 0.337 e. The third-order valence-electron chi connectivity index (χ3n) is 5.06. The maximum atomic E-state index is 12.2. The molecule has 1 aromatic heterocycles. The number of aromatic amines is 1. The van der Waals surface area contributed by atoms with Crippen LogP contribution in [0.2, 0.25) is 0 Å². The van der Waals surface area contributed by atoms with Crippen molar-refractivity contribution in [2.45, 2.75) is 18.5 Å². The summed E-state index contributed by atoms with van der Waals surface area (Å²) in [6.45, 7) is 0. The summed E-state index contributed by atoms with van der Waals surface area (Å²) in [5, 5.41) is 4.49. The zero-order valence-electron chi connectivity index (χ0n) is 15.1. The molecule has 4 rings (SSSR count). The summed E-state index contributed by atoms with van der Waals surface area (Å²) in [6.07, 6.45) is 0.558. The Morgan fingerprint density at radius 3 is 2.44 bits per heavy atom. The smallest absolute Gasteiger partial charge is 0.337 e. The van der Waals surface area contributed by atoms with E-state index in [9.17, 15) is 9.59 Å². The van der Waals surface area contributed by atoms with Crippen molar-refractivity contribution in [3.63, 3.8) is 0 Å². The van der Waals surface area contributed by atoms with Gasteiger partial charge in [0.2, 0.25) is 0 Å². The molecule has 2 heterocycles. The number of carbonyl (C=O) groups excluding carboxylic acids is 2. The average Bonchev–Trinajstić information content (AvgIpc) is 3.10. The Labute approximate surface area is 156 Å². The monoisotopic (exact) mass is 364 g/mol. The number of hydrogen-bond acceptors (Lipinski definition) is 5. The van der Waals surface area contributed by atoms with Crippen molar-refractivity contribution < 1.29 is 19.1 Å². The molecule has 0 fully saturated rings. The molecule has 0 unspecified atom stereocenters. The number of methoxy groups -OCH3 is 2. The van der Waals surface area contributed by atoms with Crippen LogP contribution in [-0.4, -0.2) is 37.2 Å². The second-order valence-corrected chi connectivity index (χ2v) is 6.56. The van der Waals surface area contributed by atoms with Gasteiger partial charge in [-0.2, -0.15) is 0 Å². The third kappa shape index (κ3) is 2.98. The molecule has 0 radical (unpaired) electrons. The summed E-state index contributed by atoms with van der Waals surface area (Å²) >= 11 is 0. The van der Waals surface area contributed by atoms with E-state index in [-0.39, 0.29) is 18.0 Å². The summed E-state index contributed by atoms with van der Waals surface area (Å²) < 4.78 is 9.73. The lowest BCUT2D eigenvalue weighted by molar-refractivity contribution is -0.143. The minimum atomic E-state index is -0.438. The molecule has 0 aliphatic carbocycles. The molecule has 6 nitrogen and oxygen atoms in total. The van der Waals surface area contributed by atoms with Gasteiger partial charge >= 0.3 is 11.9 Å². The molecule has 2 N–H and O–H groups in total. The molecule has 138 valence electrons. The Balaban J connectivity index is 1.79. The van der Waals surface area contributed by atoms with Crippen molar-refractivity contribution in [3.8, 4) is 0 Å². The fourth-order valence-corrected chi connectivity index (χ4v) is 3.72. The predicted octanol–water partition coefficient (Wildman–Crippen LogP) is 2.73. The molecule has 0 spiro atoms. The van der Waals surface area contributed by atoms with Gasteiger partial charge in [-0.25, -0.2) is 4.79 Å². The van der Waals surface area contributed by atoms with E-state index in [0.29, 0.717) is 12.0 Å². The van der Waals surface area contributed by atoms with Crippen LogP contribution in [0.15, 0.2) is 48.5 Å². The highest BCUT2D eigenvalue weighted by Crippen LogP contribution is 2.35. The molecule has 0 amide bonds. The second-order valence-electron chi connectivity index (χ2n) is 6.56. The molecule has 0 saturated heterocycles. The van der Waals surface area contributed by atoms with Gasteiger partial charge in [0.05, 0.1) is 25.8 Å². The molecule has 0 bridgehead atoms. The topological polar surface area (TPSA) is 80.4 Å². The van der Waals surface area contributed by atoms with E-state index < -0.39 is 6.04 Å². The molecule has 1 aliphatic rings. The zero-order chi connectivity index (χ0) is 19.0. The number of carbonyl (C=O) groups is 2. The van der Waals surface area contributed by atoms with Crippen LogP contribution in [0, 0.1) is 0 Å². The van der Waals surface area contributed by atoms with Gasteiger partial charge < -0.3 is 14.5 Å². The van der Waals surface area contributed by atoms with E-state index in [1.165, 1.54) is 14.2 Å². The SMILES string of the molecule is COC(=O)c1ccc([C@H]2N[C@H](C(=O)OC)Cc3c2[nH]c2ccccc32)cc1. The van der Waals surface area contributed by atoms with Gasteiger partial charge in [-0.15, -0.1) is 0 Å². The summed E-state index contributed by atoms with van der Waals surface area (Å²) in [4.78, 5) is 27.4. The van der Waals surface area contributed by atoms with Crippen molar-refractivity contribution in [1.82, 2.24) is 10.3 Å². The van der Waals surface area contributed by atoms with Crippen LogP contribution >= 0.6 is 0 Å². The number of aromatic nitrogens is 1. The first-order chi connectivity index (χ1) is 13.1. The van der Waals surface area contributed by atoms with Crippen LogP contribution in [0.5, 0.6) is 0 Å². The number of esters is 2. The zero-order valence-corrected chi connectivity index (χ0v) is 15.1. The Bertz CT molecular complexity index is 1010. The normalized spacial score (nSPS) is 18.7. The van der Waals surface area contributed by atoms with Crippen molar-refractivity contribution in [2.24, 2.45) is 0 Å². The average molecular weight is 364 g/mol. The first kappa shape index (κ1) is 17.3. The highest BCUT2D eigenvalue weighted by atomic mass is 16.5. The van der Waals surface area contributed by atoms with Crippen LogP contribution < -0.4 is 5.32 Å². The quantitative estimate of drug-likeness (QED) is 0.699. The van der Waals surface area contributed by atoms with E-state index >= 15 is 0 Å². The van der Waals surface area contributed by atoms with Crippen molar-refractivity contribution in [1.29, 1.82) is 0 Å². The molecule has 0 saturated carbocycles. The molecule has 2 aromatic carbocycles. The lowest BCUT2D eigenvalue weighted by Crippen LogP contribution is -2.45. The van der Waals surface area contributed by atoms with E-state index in [4.69, 9.17) is 9.47 Å². The number of hydrogen-bond donors (Lipinski definition) is 2. The summed E-state index contributed by atoms with van der Waals surface area (Å²) in [5.74, 6) is -0.668. The summed E-state index contributed by atoms with van der Waals surface area (Å²) in [6, 6.07) is 14.6. The summed E-state index contributed by atoms with van der Waals surface area (Å²) in [7, 11) is 2.76. The van der Waals surface area contributed by atoms with Crippen LogP contribution in [0.4, 0.5) is 0 Å². The molecular formula is C21H20N2O4. The molecule has 1 aliphatic heterocycles. The number of nitrogens with one attached hydrogen (secondary N) is 2. The number of H-pyrrole nitrogens is 1. The number of fused-ring (bicyclic) bond motifs is 3. The van der Waals surface area contributed by atoms with Crippen LogP contribution in [0.1, 0.15) is 33.2 Å². The van der Waals surface area contributed by atoms with Crippen LogP contribution in [0.25, 0.3) is 10.9 Å². The highest BCUT2D eigenvalue weighted by molar-refractivity contribution is 5.89. The van der Waals surface area contributed by atoms with Gasteiger partial charge in [0.15, 0.2) is 0 Å². The molecule has 3 aromatic rings.